The van der Waals surface area contributed by atoms with Crippen molar-refractivity contribution in [3.05, 3.63) is 23.8 Å². The maximum absolute atomic E-state index is 12.5. The van der Waals surface area contributed by atoms with Crippen LogP contribution in [-0.2, 0) is 9.84 Å². The maximum Gasteiger partial charge on any atom is 0.253 e. The summed E-state index contributed by atoms with van der Waals surface area (Å²) in [7, 11) is -1.67. The summed E-state index contributed by atoms with van der Waals surface area (Å²) in [5, 5.41) is 0. The molecular formula is C14H22N2O3S2. The second-order valence-electron chi connectivity index (χ2n) is 5.00. The number of nitrogens with two attached hydrogens (primary N) is 1. The molecule has 0 aliphatic heterocycles. The Morgan fingerprint density at radius 2 is 2.00 bits per heavy atom. The van der Waals surface area contributed by atoms with Crippen LogP contribution in [0, 0.1) is 0 Å². The molecule has 0 heterocycles. The third kappa shape index (κ3) is 4.64. The largest absolute Gasteiger partial charge is 0.399 e. The molecular weight excluding hydrogens is 308 g/mol. The predicted octanol–water partition coefficient (Wildman–Crippen LogP) is 1.89. The zero-order valence-electron chi connectivity index (χ0n) is 12.8. The van der Waals surface area contributed by atoms with Crippen LogP contribution in [0.2, 0.25) is 0 Å². The number of hydrogen-bond donors (Lipinski definition) is 1. The molecule has 1 aromatic rings. The average Bonchev–Trinajstić information content (AvgIpc) is 2.41. The third-order valence-corrected chi connectivity index (χ3v) is 5.11. The fourth-order valence-corrected chi connectivity index (χ4v) is 3.56. The van der Waals surface area contributed by atoms with E-state index in [0.29, 0.717) is 5.56 Å². The van der Waals surface area contributed by atoms with Crippen molar-refractivity contribution in [3.63, 3.8) is 0 Å². The standard InChI is InChI=1S/C14H22N2O3S2/c1-5-12(9-20-3)16(2)14(17)10-6-11(15)8-13(7-10)21(4,18)19/h6-8,12H,5,9,15H2,1-4H3. The molecule has 1 aromatic carbocycles. The van der Waals surface area contributed by atoms with Crippen molar-refractivity contribution < 1.29 is 13.2 Å². The van der Waals surface area contributed by atoms with Crippen LogP contribution in [0.25, 0.3) is 0 Å². The summed E-state index contributed by atoms with van der Waals surface area (Å²) in [5.74, 6) is 0.619. The van der Waals surface area contributed by atoms with E-state index in [2.05, 4.69) is 0 Å². The molecule has 0 aliphatic rings. The maximum atomic E-state index is 12.5. The molecule has 0 saturated carbocycles. The molecule has 0 bridgehead atoms. The monoisotopic (exact) mass is 330 g/mol. The Labute approximate surface area is 130 Å². The van der Waals surface area contributed by atoms with Crippen LogP contribution in [0.15, 0.2) is 23.1 Å². The van der Waals surface area contributed by atoms with Gasteiger partial charge in [-0.3, -0.25) is 4.79 Å². The predicted molar refractivity (Wildman–Crippen MR) is 88.5 cm³/mol. The molecule has 0 radical (unpaired) electrons. The van der Waals surface area contributed by atoms with Gasteiger partial charge in [-0.15, -0.1) is 0 Å². The van der Waals surface area contributed by atoms with Gasteiger partial charge in [-0.2, -0.15) is 11.8 Å². The molecule has 1 rings (SSSR count). The summed E-state index contributed by atoms with van der Waals surface area (Å²) in [6.07, 6.45) is 3.93. The summed E-state index contributed by atoms with van der Waals surface area (Å²) in [6, 6.07) is 4.37. The van der Waals surface area contributed by atoms with E-state index in [-0.39, 0.29) is 22.5 Å². The minimum Gasteiger partial charge on any atom is -0.399 e. The number of rotatable bonds is 6. The zero-order valence-corrected chi connectivity index (χ0v) is 14.4. The minimum atomic E-state index is -3.40. The molecule has 21 heavy (non-hydrogen) atoms. The number of nitrogen functional groups attached to an aromatic ring is 1. The van der Waals surface area contributed by atoms with E-state index in [1.54, 1.807) is 23.7 Å². The van der Waals surface area contributed by atoms with Crippen LogP contribution < -0.4 is 5.73 Å². The lowest BCUT2D eigenvalue weighted by molar-refractivity contribution is 0.0743. The van der Waals surface area contributed by atoms with Crippen molar-refractivity contribution in [2.75, 3.05) is 31.0 Å². The Morgan fingerprint density at radius 3 is 2.48 bits per heavy atom. The van der Waals surface area contributed by atoms with E-state index in [4.69, 9.17) is 5.73 Å². The first-order valence-electron chi connectivity index (χ1n) is 6.57. The molecule has 1 unspecified atom stereocenters. The van der Waals surface area contributed by atoms with Gasteiger partial charge in [0.2, 0.25) is 0 Å². The van der Waals surface area contributed by atoms with Crippen molar-refractivity contribution in [1.82, 2.24) is 4.90 Å². The lowest BCUT2D eigenvalue weighted by atomic mass is 10.1. The van der Waals surface area contributed by atoms with Gasteiger partial charge in [0, 0.05) is 36.3 Å². The SMILES string of the molecule is CCC(CSC)N(C)C(=O)c1cc(N)cc(S(C)(=O)=O)c1. The summed E-state index contributed by atoms with van der Waals surface area (Å²) in [4.78, 5) is 14.2. The number of carbonyl (C=O) groups excluding carboxylic acids is 1. The lowest BCUT2D eigenvalue weighted by Gasteiger charge is -2.27. The van der Waals surface area contributed by atoms with Gasteiger partial charge in [-0.25, -0.2) is 8.42 Å². The fraction of sp³-hybridized carbons (Fsp3) is 0.500. The highest BCUT2D eigenvalue weighted by Crippen LogP contribution is 2.19. The van der Waals surface area contributed by atoms with Crippen LogP contribution in [0.3, 0.4) is 0 Å². The number of hydrogen-bond acceptors (Lipinski definition) is 5. The summed E-state index contributed by atoms with van der Waals surface area (Å²) < 4.78 is 23.3. The van der Waals surface area contributed by atoms with Gasteiger partial charge in [-0.05, 0) is 30.9 Å². The van der Waals surface area contributed by atoms with E-state index in [9.17, 15) is 13.2 Å². The third-order valence-electron chi connectivity index (χ3n) is 3.30. The molecule has 0 fully saturated rings. The molecule has 0 aliphatic carbocycles. The number of carbonyl (C=O) groups is 1. The van der Waals surface area contributed by atoms with Crippen LogP contribution in [0.4, 0.5) is 5.69 Å². The van der Waals surface area contributed by atoms with Crippen LogP contribution in [0.5, 0.6) is 0 Å². The Bertz CT molecular complexity index is 615. The first-order valence-corrected chi connectivity index (χ1v) is 9.86. The van der Waals surface area contributed by atoms with Crippen molar-refractivity contribution in [2.24, 2.45) is 0 Å². The van der Waals surface area contributed by atoms with Crippen molar-refractivity contribution >= 4 is 33.2 Å². The molecule has 2 N–H and O–H groups in total. The van der Waals surface area contributed by atoms with Gasteiger partial charge < -0.3 is 10.6 Å². The fourth-order valence-electron chi connectivity index (χ4n) is 2.02. The van der Waals surface area contributed by atoms with Crippen LogP contribution in [-0.4, -0.2) is 50.6 Å². The Balaban J connectivity index is 3.15. The summed E-state index contributed by atoms with van der Waals surface area (Å²) >= 11 is 1.67. The first kappa shape index (κ1) is 17.8. The second kappa shape index (κ2) is 7.17. The van der Waals surface area contributed by atoms with Crippen LogP contribution in [0.1, 0.15) is 23.7 Å². The number of thioether (sulfide) groups is 1. The lowest BCUT2D eigenvalue weighted by Crippen LogP contribution is -2.38. The number of anilines is 1. The molecule has 0 spiro atoms. The minimum absolute atomic E-state index is 0.0668. The van der Waals surface area contributed by atoms with E-state index >= 15 is 0 Å². The first-order chi connectivity index (χ1) is 9.70. The number of amides is 1. The zero-order chi connectivity index (χ0) is 16.2. The molecule has 0 aromatic heterocycles. The molecule has 5 nitrogen and oxygen atoms in total. The normalized spacial score (nSPS) is 13.0. The van der Waals surface area contributed by atoms with Gasteiger partial charge in [0.05, 0.1) is 4.90 Å². The smallest absolute Gasteiger partial charge is 0.253 e. The highest BCUT2D eigenvalue weighted by molar-refractivity contribution is 7.98. The van der Waals surface area contributed by atoms with Crippen molar-refractivity contribution in [1.29, 1.82) is 0 Å². The van der Waals surface area contributed by atoms with Crippen molar-refractivity contribution in [3.8, 4) is 0 Å². The molecule has 0 saturated heterocycles. The highest BCUT2D eigenvalue weighted by Gasteiger charge is 2.21. The van der Waals surface area contributed by atoms with E-state index < -0.39 is 9.84 Å². The van der Waals surface area contributed by atoms with E-state index in [1.807, 2.05) is 13.2 Å². The highest BCUT2D eigenvalue weighted by atomic mass is 32.2. The quantitative estimate of drug-likeness (QED) is 0.806. The molecule has 1 amide bonds. The summed E-state index contributed by atoms with van der Waals surface area (Å²) in [6.45, 7) is 2.02. The number of sulfone groups is 1. The second-order valence-corrected chi connectivity index (χ2v) is 7.92. The van der Waals surface area contributed by atoms with Crippen LogP contribution >= 0.6 is 11.8 Å². The van der Waals surface area contributed by atoms with Gasteiger partial charge in [0.25, 0.3) is 5.91 Å². The topological polar surface area (TPSA) is 80.5 Å². The molecule has 118 valence electrons. The molecule has 7 heteroatoms. The Kier molecular flexibility index (Phi) is 6.10. The van der Waals surface area contributed by atoms with Crippen molar-refractivity contribution in [2.45, 2.75) is 24.3 Å². The van der Waals surface area contributed by atoms with E-state index in [0.717, 1.165) is 18.4 Å². The van der Waals surface area contributed by atoms with E-state index in [1.165, 1.54) is 18.2 Å². The molecule has 1 atom stereocenters. The van der Waals surface area contributed by atoms with Gasteiger partial charge in [0.1, 0.15) is 0 Å². The Morgan fingerprint density at radius 1 is 1.38 bits per heavy atom. The number of nitrogens with zero attached hydrogens (tertiary/aromatic N) is 1. The Hall–Kier alpha value is -1.21. The number of benzene rings is 1. The van der Waals surface area contributed by atoms with Gasteiger partial charge in [-0.1, -0.05) is 6.92 Å². The van der Waals surface area contributed by atoms with Gasteiger partial charge >= 0.3 is 0 Å². The van der Waals surface area contributed by atoms with Gasteiger partial charge in [0.15, 0.2) is 9.84 Å². The average molecular weight is 330 g/mol. The summed E-state index contributed by atoms with van der Waals surface area (Å²) in [5.41, 5.74) is 6.30.